The Morgan fingerprint density at radius 2 is 1.83 bits per heavy atom. The lowest BCUT2D eigenvalue weighted by atomic mass is 10.2. The Balaban J connectivity index is 2.06. The van der Waals surface area contributed by atoms with Crippen LogP contribution >= 0.6 is 0 Å². The fourth-order valence-corrected chi connectivity index (χ4v) is 1.21. The number of anilines is 1. The van der Waals surface area contributed by atoms with E-state index >= 15 is 0 Å². The van der Waals surface area contributed by atoms with Crippen LogP contribution in [0.25, 0.3) is 11.5 Å². The van der Waals surface area contributed by atoms with Gasteiger partial charge < -0.3 is 14.9 Å². The molecule has 2 rings (SSSR count). The van der Waals surface area contributed by atoms with Gasteiger partial charge in [-0.25, -0.2) is 0 Å². The van der Waals surface area contributed by atoms with E-state index in [1.54, 1.807) is 0 Å². The van der Waals surface area contributed by atoms with E-state index in [4.69, 9.17) is 10.2 Å². The summed E-state index contributed by atoms with van der Waals surface area (Å²) in [5.41, 5.74) is 5.79. The fraction of sp³-hybridized carbons (Fsp3) is 0.200. The normalized spacial score (nSPS) is 11.5. The summed E-state index contributed by atoms with van der Waals surface area (Å²) >= 11 is 0. The number of halogens is 3. The van der Waals surface area contributed by atoms with E-state index in [1.165, 1.54) is 24.3 Å². The molecule has 0 bridgehead atoms. The molecule has 96 valence electrons. The predicted octanol–water partition coefficient (Wildman–Crippen LogP) is 2.26. The molecule has 0 fully saturated rings. The van der Waals surface area contributed by atoms with E-state index in [0.717, 1.165) is 0 Å². The summed E-state index contributed by atoms with van der Waals surface area (Å²) in [4.78, 5) is 0. The number of rotatable bonds is 3. The molecule has 8 heteroatoms. The van der Waals surface area contributed by atoms with Gasteiger partial charge in [-0.15, -0.1) is 5.10 Å². The lowest BCUT2D eigenvalue weighted by Gasteiger charge is -2.08. The molecule has 0 aliphatic rings. The van der Waals surface area contributed by atoms with Crippen LogP contribution in [-0.4, -0.2) is 23.0 Å². The van der Waals surface area contributed by atoms with Crippen molar-refractivity contribution in [3.8, 4) is 17.2 Å². The second-order valence-corrected chi connectivity index (χ2v) is 3.37. The molecule has 0 atom stereocenters. The molecule has 0 unspecified atom stereocenters. The number of hydrogen-bond acceptors (Lipinski definition) is 5. The van der Waals surface area contributed by atoms with E-state index in [0.29, 0.717) is 5.56 Å². The van der Waals surface area contributed by atoms with E-state index in [-0.39, 0.29) is 17.7 Å². The first-order chi connectivity index (χ1) is 8.44. The van der Waals surface area contributed by atoms with Gasteiger partial charge in [0, 0.05) is 5.56 Å². The molecule has 5 nitrogen and oxygen atoms in total. The van der Waals surface area contributed by atoms with Crippen molar-refractivity contribution in [3.05, 3.63) is 24.3 Å². The third-order valence-electron chi connectivity index (χ3n) is 1.94. The van der Waals surface area contributed by atoms with Gasteiger partial charge in [-0.3, -0.25) is 0 Å². The maximum atomic E-state index is 11.9. The Hall–Kier alpha value is -2.25. The molecule has 1 aromatic heterocycles. The maximum Gasteiger partial charge on any atom is 0.422 e. The quantitative estimate of drug-likeness (QED) is 0.915. The van der Waals surface area contributed by atoms with Crippen LogP contribution in [0.1, 0.15) is 0 Å². The van der Waals surface area contributed by atoms with Crippen LogP contribution in [0.15, 0.2) is 28.7 Å². The van der Waals surface area contributed by atoms with Gasteiger partial charge >= 0.3 is 12.2 Å². The molecule has 0 aliphatic heterocycles. The fourth-order valence-electron chi connectivity index (χ4n) is 1.21. The van der Waals surface area contributed by atoms with Crippen molar-refractivity contribution >= 4 is 6.01 Å². The summed E-state index contributed by atoms with van der Waals surface area (Å²) in [6.07, 6.45) is -4.36. The Morgan fingerprint density at radius 1 is 1.17 bits per heavy atom. The number of aromatic nitrogens is 2. The van der Waals surface area contributed by atoms with Crippen LogP contribution in [0.2, 0.25) is 0 Å². The van der Waals surface area contributed by atoms with E-state index in [9.17, 15) is 13.2 Å². The summed E-state index contributed by atoms with van der Waals surface area (Å²) < 4.78 is 45.3. The minimum Gasteiger partial charge on any atom is -0.484 e. The number of nitrogen functional groups attached to an aromatic ring is 1. The highest BCUT2D eigenvalue weighted by Gasteiger charge is 2.28. The number of hydrogen-bond donors (Lipinski definition) is 1. The number of ether oxygens (including phenoxy) is 1. The molecule has 1 heterocycles. The van der Waals surface area contributed by atoms with Gasteiger partial charge in [-0.2, -0.15) is 13.2 Å². The average molecular weight is 259 g/mol. The summed E-state index contributed by atoms with van der Waals surface area (Å²) in [5, 5.41) is 7.10. The van der Waals surface area contributed by atoms with E-state index in [1.807, 2.05) is 0 Å². The molecular formula is C10H8F3N3O2. The van der Waals surface area contributed by atoms with Gasteiger partial charge in [-0.1, -0.05) is 5.10 Å². The zero-order valence-electron chi connectivity index (χ0n) is 8.94. The van der Waals surface area contributed by atoms with Gasteiger partial charge in [0.25, 0.3) is 0 Å². The minimum absolute atomic E-state index is 0.0811. The highest BCUT2D eigenvalue weighted by atomic mass is 19.4. The Morgan fingerprint density at radius 3 is 2.33 bits per heavy atom. The lowest BCUT2D eigenvalue weighted by Crippen LogP contribution is -2.19. The first kappa shape index (κ1) is 12.2. The molecule has 0 amide bonds. The standard InChI is InChI=1S/C10H8F3N3O2/c11-10(12,13)5-17-7-3-1-6(2-4-7)8-15-16-9(14)18-8/h1-4H,5H2,(H2,14,16). The Bertz CT molecular complexity index is 522. The molecule has 0 saturated heterocycles. The molecule has 18 heavy (non-hydrogen) atoms. The van der Waals surface area contributed by atoms with Crippen molar-refractivity contribution in [2.24, 2.45) is 0 Å². The van der Waals surface area contributed by atoms with Gasteiger partial charge in [0.2, 0.25) is 5.89 Å². The van der Waals surface area contributed by atoms with Crippen LogP contribution < -0.4 is 10.5 Å². The second kappa shape index (κ2) is 4.55. The molecule has 2 aromatic rings. The third kappa shape index (κ3) is 3.12. The second-order valence-electron chi connectivity index (χ2n) is 3.37. The van der Waals surface area contributed by atoms with Crippen LogP contribution in [0.3, 0.4) is 0 Å². The first-order valence-electron chi connectivity index (χ1n) is 4.83. The molecule has 0 spiro atoms. The lowest BCUT2D eigenvalue weighted by molar-refractivity contribution is -0.153. The van der Waals surface area contributed by atoms with E-state index < -0.39 is 12.8 Å². The predicted molar refractivity (Wildman–Crippen MR) is 55.7 cm³/mol. The summed E-state index contributed by atoms with van der Waals surface area (Å²) in [7, 11) is 0. The van der Waals surface area contributed by atoms with Gasteiger partial charge in [0.15, 0.2) is 6.61 Å². The average Bonchev–Trinajstić information content (AvgIpc) is 2.73. The number of benzene rings is 1. The largest absolute Gasteiger partial charge is 0.484 e. The maximum absolute atomic E-state index is 11.9. The summed E-state index contributed by atoms with van der Waals surface area (Å²) in [6.45, 7) is -1.33. The minimum atomic E-state index is -4.36. The van der Waals surface area contributed by atoms with Crippen LogP contribution in [0.5, 0.6) is 5.75 Å². The van der Waals surface area contributed by atoms with Gasteiger partial charge in [0.05, 0.1) is 0 Å². The monoisotopic (exact) mass is 259 g/mol. The Labute approximate surface area is 99.4 Å². The van der Waals surface area contributed by atoms with Gasteiger partial charge in [-0.05, 0) is 24.3 Å². The van der Waals surface area contributed by atoms with E-state index in [2.05, 4.69) is 14.9 Å². The van der Waals surface area contributed by atoms with Crippen molar-refractivity contribution in [3.63, 3.8) is 0 Å². The molecule has 2 N–H and O–H groups in total. The molecule has 1 aromatic carbocycles. The molecule has 0 saturated carbocycles. The highest BCUT2D eigenvalue weighted by Crippen LogP contribution is 2.23. The number of nitrogens with two attached hydrogens (primary N) is 1. The van der Waals surface area contributed by atoms with Crippen LogP contribution in [0.4, 0.5) is 19.2 Å². The topological polar surface area (TPSA) is 74.2 Å². The van der Waals surface area contributed by atoms with Crippen molar-refractivity contribution in [1.29, 1.82) is 0 Å². The number of nitrogens with zero attached hydrogens (tertiary/aromatic N) is 2. The molecule has 0 radical (unpaired) electrons. The number of alkyl halides is 3. The molecular weight excluding hydrogens is 251 g/mol. The molecule has 0 aliphatic carbocycles. The van der Waals surface area contributed by atoms with Crippen molar-refractivity contribution < 1.29 is 22.3 Å². The zero-order valence-corrected chi connectivity index (χ0v) is 8.94. The third-order valence-corrected chi connectivity index (χ3v) is 1.94. The van der Waals surface area contributed by atoms with Crippen molar-refractivity contribution in [2.75, 3.05) is 12.3 Å². The first-order valence-corrected chi connectivity index (χ1v) is 4.83. The zero-order chi connectivity index (χ0) is 13.2. The van der Waals surface area contributed by atoms with Crippen LogP contribution in [0, 0.1) is 0 Å². The SMILES string of the molecule is Nc1nnc(-c2ccc(OCC(F)(F)F)cc2)o1. The summed E-state index contributed by atoms with van der Waals surface area (Å²) in [5.74, 6) is 0.290. The summed E-state index contributed by atoms with van der Waals surface area (Å²) in [6, 6.07) is 5.67. The van der Waals surface area contributed by atoms with Crippen molar-refractivity contribution in [1.82, 2.24) is 10.2 Å². The van der Waals surface area contributed by atoms with Crippen molar-refractivity contribution in [2.45, 2.75) is 6.18 Å². The van der Waals surface area contributed by atoms with Crippen LogP contribution in [-0.2, 0) is 0 Å². The van der Waals surface area contributed by atoms with Gasteiger partial charge in [0.1, 0.15) is 5.75 Å². The highest BCUT2D eigenvalue weighted by molar-refractivity contribution is 5.54. The Kier molecular flexibility index (Phi) is 3.09. The smallest absolute Gasteiger partial charge is 0.422 e.